The van der Waals surface area contributed by atoms with E-state index in [4.69, 9.17) is 14.2 Å². The number of fused-ring (bicyclic) bond motifs is 1. The van der Waals surface area contributed by atoms with Crippen molar-refractivity contribution in [1.29, 1.82) is 0 Å². The van der Waals surface area contributed by atoms with Crippen molar-refractivity contribution in [2.75, 3.05) is 13.4 Å². The summed E-state index contributed by atoms with van der Waals surface area (Å²) in [5.74, 6) is 1.19. The van der Waals surface area contributed by atoms with E-state index >= 15 is 0 Å². The number of ether oxygens (including phenoxy) is 3. The van der Waals surface area contributed by atoms with Gasteiger partial charge in [0.2, 0.25) is 16.8 Å². The van der Waals surface area contributed by atoms with Crippen molar-refractivity contribution in [3.63, 3.8) is 0 Å². The molecular weight excluding hydrogens is 898 g/mol. The van der Waals surface area contributed by atoms with Gasteiger partial charge in [-0.25, -0.2) is 30.9 Å². The van der Waals surface area contributed by atoms with Crippen molar-refractivity contribution in [3.8, 4) is 22.9 Å². The van der Waals surface area contributed by atoms with Crippen LogP contribution >= 0.6 is 0 Å². The van der Waals surface area contributed by atoms with Crippen LogP contribution in [0.2, 0.25) is 0 Å². The molecule has 0 atom stereocenters. The number of benzene rings is 5. The van der Waals surface area contributed by atoms with Gasteiger partial charge in [-0.15, -0.1) is 0 Å². The Balaban J connectivity index is 0.000000199. The summed E-state index contributed by atoms with van der Waals surface area (Å²) in [6.45, 7) is 3.55. The van der Waals surface area contributed by atoms with Gasteiger partial charge in [0.1, 0.15) is 24.0 Å². The standard InChI is InChI=1S/C25H24FNO5S.C25H24N4O4S/c1-18(28)5-6-19-3-2-4-20(13-19)15-27(33(29,30)23-10-8-22(26)9-11-23)16-21-7-12-24-25(14-21)32-17-31-24;1-20(30)19-33-24-7-4-6-22(16-24)18-28(34(31,32)25-8-2-3-13-26-25)17-21-9-11-23(12-10-21)29-15-5-14-27-29/h2-4,7-14H,5-6,15-17H2,1H3;2-16H,17-19H2,1H3. The van der Waals surface area contributed by atoms with Crippen LogP contribution in [-0.2, 0) is 62.2 Å². The maximum atomic E-state index is 13.5. The molecule has 3 heterocycles. The first kappa shape index (κ1) is 47.9. The Labute approximate surface area is 389 Å². The van der Waals surface area contributed by atoms with Crippen LogP contribution in [0.25, 0.3) is 5.69 Å². The molecule has 0 aliphatic carbocycles. The molecule has 8 rings (SSSR count). The first-order valence-electron chi connectivity index (χ1n) is 21.2. The number of Topliss-reactive ketones (excluding diaryl/α,β-unsaturated/α-hetero) is 2. The number of carbonyl (C=O) groups excluding carboxylic acids is 2. The summed E-state index contributed by atoms with van der Waals surface area (Å²) in [5, 5.41) is 4.19. The lowest BCUT2D eigenvalue weighted by Gasteiger charge is -2.23. The summed E-state index contributed by atoms with van der Waals surface area (Å²) in [6.07, 6.45) is 6.02. The summed E-state index contributed by atoms with van der Waals surface area (Å²) in [5.41, 5.74) is 4.92. The third-order valence-electron chi connectivity index (χ3n) is 10.4. The Kier molecular flexibility index (Phi) is 15.7. The number of halogens is 1. The van der Waals surface area contributed by atoms with Gasteiger partial charge in [0, 0.05) is 51.2 Å². The van der Waals surface area contributed by atoms with Crippen molar-refractivity contribution in [1.82, 2.24) is 23.4 Å². The van der Waals surface area contributed by atoms with E-state index in [1.165, 1.54) is 39.9 Å². The zero-order valence-corrected chi connectivity index (χ0v) is 38.4. The zero-order chi connectivity index (χ0) is 47.4. The van der Waals surface area contributed by atoms with Crippen LogP contribution in [0, 0.1) is 5.82 Å². The lowest BCUT2D eigenvalue weighted by atomic mass is 10.1. The number of hydrogen-bond donors (Lipinski definition) is 0. The predicted molar refractivity (Wildman–Crippen MR) is 248 cm³/mol. The number of aromatic nitrogens is 3. The number of ketones is 2. The van der Waals surface area contributed by atoms with E-state index in [0.717, 1.165) is 45.6 Å². The molecule has 0 N–H and O–H groups in total. The molecule has 346 valence electrons. The molecule has 67 heavy (non-hydrogen) atoms. The maximum Gasteiger partial charge on any atom is 0.261 e. The average Bonchev–Trinajstić information content (AvgIpc) is 4.05. The highest BCUT2D eigenvalue weighted by atomic mass is 32.2. The zero-order valence-electron chi connectivity index (χ0n) is 36.8. The normalized spacial score (nSPS) is 12.1. The summed E-state index contributed by atoms with van der Waals surface area (Å²) in [7, 11) is -7.81. The molecule has 0 unspecified atom stereocenters. The van der Waals surface area contributed by atoms with Gasteiger partial charge in [-0.1, -0.05) is 60.7 Å². The minimum absolute atomic E-state index is 0.0115. The van der Waals surface area contributed by atoms with Crippen molar-refractivity contribution < 1.29 is 45.0 Å². The highest BCUT2D eigenvalue weighted by Crippen LogP contribution is 2.34. The topological polar surface area (TPSA) is 167 Å². The Bertz CT molecular complexity index is 3010. The monoisotopic (exact) mass is 945 g/mol. The highest BCUT2D eigenvalue weighted by molar-refractivity contribution is 7.89. The van der Waals surface area contributed by atoms with Crippen LogP contribution in [-0.4, -0.2) is 65.2 Å². The Morgan fingerprint density at radius 1 is 0.642 bits per heavy atom. The van der Waals surface area contributed by atoms with E-state index in [0.29, 0.717) is 30.1 Å². The SMILES string of the molecule is CC(=O)CCc1cccc(CN(Cc2ccc3c(c2)OCO3)S(=O)(=O)c2ccc(F)cc2)c1.CC(=O)COc1cccc(CN(Cc2ccc(-n3cccn3)cc2)S(=O)(=O)c2ccccn2)c1. The molecule has 17 heteroatoms. The van der Waals surface area contributed by atoms with Crippen LogP contribution in [0.1, 0.15) is 48.1 Å². The van der Waals surface area contributed by atoms with Gasteiger partial charge in [0.05, 0.1) is 10.6 Å². The molecule has 0 fully saturated rings. The van der Waals surface area contributed by atoms with Gasteiger partial charge in [-0.05, 0) is 127 Å². The number of aryl methyl sites for hydroxylation is 1. The molecule has 14 nitrogen and oxygen atoms in total. The Morgan fingerprint density at radius 2 is 1.28 bits per heavy atom. The first-order chi connectivity index (χ1) is 32.2. The molecule has 0 spiro atoms. The summed E-state index contributed by atoms with van der Waals surface area (Å²) in [4.78, 5) is 26.7. The fourth-order valence-corrected chi connectivity index (χ4v) is 9.75. The van der Waals surface area contributed by atoms with Crippen LogP contribution in [0.15, 0.2) is 168 Å². The van der Waals surface area contributed by atoms with Crippen molar-refractivity contribution in [2.24, 2.45) is 0 Å². The number of rotatable bonds is 19. The van der Waals surface area contributed by atoms with Crippen molar-refractivity contribution in [2.45, 2.75) is 62.8 Å². The maximum absolute atomic E-state index is 13.5. The average molecular weight is 946 g/mol. The molecule has 0 bridgehead atoms. The molecule has 1 aliphatic rings. The van der Waals surface area contributed by atoms with E-state index in [9.17, 15) is 30.8 Å². The van der Waals surface area contributed by atoms with Gasteiger partial charge in [0.15, 0.2) is 22.3 Å². The van der Waals surface area contributed by atoms with Crippen LogP contribution in [0.4, 0.5) is 4.39 Å². The minimum atomic E-state index is -3.93. The number of sulfonamides is 2. The molecule has 5 aromatic carbocycles. The largest absolute Gasteiger partial charge is 0.486 e. The van der Waals surface area contributed by atoms with Crippen LogP contribution in [0.3, 0.4) is 0 Å². The second-order valence-corrected chi connectivity index (χ2v) is 19.5. The number of carbonyl (C=O) groups is 2. The van der Waals surface area contributed by atoms with Crippen molar-refractivity contribution >= 4 is 31.6 Å². The molecule has 0 saturated heterocycles. The fraction of sp³-hybridized carbons (Fsp3) is 0.200. The first-order valence-corrected chi connectivity index (χ1v) is 24.0. The fourth-order valence-electron chi connectivity index (χ4n) is 6.99. The minimum Gasteiger partial charge on any atom is -0.486 e. The van der Waals surface area contributed by atoms with Gasteiger partial charge in [0.25, 0.3) is 10.0 Å². The number of pyridine rings is 1. The number of hydrogen-bond acceptors (Lipinski definition) is 11. The lowest BCUT2D eigenvalue weighted by Crippen LogP contribution is -2.31. The van der Waals surface area contributed by atoms with E-state index in [1.807, 2.05) is 66.9 Å². The van der Waals surface area contributed by atoms with Crippen LogP contribution in [0.5, 0.6) is 17.2 Å². The molecule has 0 radical (unpaired) electrons. The van der Waals surface area contributed by atoms with E-state index in [1.54, 1.807) is 66.3 Å². The van der Waals surface area contributed by atoms with E-state index in [-0.39, 0.29) is 61.1 Å². The second kappa shape index (κ2) is 22.0. The Morgan fingerprint density at radius 3 is 1.96 bits per heavy atom. The molecule has 1 aliphatic heterocycles. The van der Waals surface area contributed by atoms with Gasteiger partial charge in [-0.3, -0.25) is 4.79 Å². The smallest absolute Gasteiger partial charge is 0.261 e. The van der Waals surface area contributed by atoms with Gasteiger partial charge in [-0.2, -0.15) is 13.7 Å². The van der Waals surface area contributed by atoms with Gasteiger partial charge < -0.3 is 19.0 Å². The molecule has 7 aromatic rings. The summed E-state index contributed by atoms with van der Waals surface area (Å²) < 4.78 is 88.0. The Hall–Kier alpha value is -7.05. The highest BCUT2D eigenvalue weighted by Gasteiger charge is 2.28. The quantitative estimate of drug-likeness (QED) is 0.0769. The molecule has 2 aromatic heterocycles. The predicted octanol–water partition coefficient (Wildman–Crippen LogP) is 8.09. The third-order valence-corrected chi connectivity index (χ3v) is 13.9. The molecule has 0 saturated carbocycles. The summed E-state index contributed by atoms with van der Waals surface area (Å²) >= 11 is 0. The molecule has 0 amide bonds. The van der Waals surface area contributed by atoms with E-state index < -0.39 is 25.9 Å². The van der Waals surface area contributed by atoms with Gasteiger partial charge >= 0.3 is 0 Å². The number of nitrogens with zero attached hydrogens (tertiary/aromatic N) is 5. The lowest BCUT2D eigenvalue weighted by molar-refractivity contribution is -0.119. The molecular formula is C50H48FN5O9S2. The van der Waals surface area contributed by atoms with Crippen molar-refractivity contribution in [3.05, 3.63) is 192 Å². The van der Waals surface area contributed by atoms with Crippen LogP contribution < -0.4 is 14.2 Å². The third kappa shape index (κ3) is 13.1. The summed E-state index contributed by atoms with van der Waals surface area (Å²) in [6, 6.07) is 38.9. The van der Waals surface area contributed by atoms with E-state index in [2.05, 4.69) is 10.1 Å². The second-order valence-electron chi connectivity index (χ2n) is 15.6.